The normalized spacial score (nSPS) is 10.7. The van der Waals surface area contributed by atoms with Crippen LogP contribution in [0.2, 0.25) is 0 Å². The maximum atomic E-state index is 5.82. The number of nitrogen functional groups attached to an aromatic ring is 1. The van der Waals surface area contributed by atoms with Crippen LogP contribution in [0, 0.1) is 6.92 Å². The average molecular weight is 280 g/mol. The van der Waals surface area contributed by atoms with Crippen LogP contribution in [-0.2, 0) is 6.42 Å². The Morgan fingerprint density at radius 3 is 2.75 bits per heavy atom. The molecule has 0 atom stereocenters. The molecule has 3 heteroatoms. The van der Waals surface area contributed by atoms with Gasteiger partial charge in [-0.05, 0) is 30.2 Å². The zero-order valence-corrected chi connectivity index (χ0v) is 12.2. The molecule has 0 bridgehead atoms. The highest BCUT2D eigenvalue weighted by Crippen LogP contribution is 2.25. The maximum Gasteiger partial charge on any atom is 0.0976 e. The van der Waals surface area contributed by atoms with Gasteiger partial charge in [-0.25, -0.2) is 4.98 Å². The molecule has 20 heavy (non-hydrogen) atoms. The van der Waals surface area contributed by atoms with Gasteiger partial charge in [0.2, 0.25) is 0 Å². The third-order valence-electron chi connectivity index (χ3n) is 3.34. The molecule has 0 fully saturated rings. The largest absolute Gasteiger partial charge is 0.399 e. The van der Waals surface area contributed by atoms with Crippen molar-refractivity contribution in [2.45, 2.75) is 13.3 Å². The van der Waals surface area contributed by atoms with E-state index in [1.807, 2.05) is 24.3 Å². The Kier molecular flexibility index (Phi) is 3.52. The van der Waals surface area contributed by atoms with Crippen molar-refractivity contribution in [3.8, 4) is 11.3 Å². The van der Waals surface area contributed by atoms with E-state index in [2.05, 4.69) is 36.6 Å². The second-order valence-corrected chi connectivity index (χ2v) is 5.80. The van der Waals surface area contributed by atoms with Crippen LogP contribution >= 0.6 is 11.3 Å². The lowest BCUT2D eigenvalue weighted by molar-refractivity contribution is 1.12. The standard InChI is InChI=1S/C17H16N2S/c1-12-5-2-3-6-13(12)10-17-19-16(11-20-17)14-7-4-8-15(18)9-14/h2-9,11H,10,18H2,1H3. The predicted molar refractivity (Wildman–Crippen MR) is 85.9 cm³/mol. The van der Waals surface area contributed by atoms with Crippen molar-refractivity contribution in [3.05, 3.63) is 70.0 Å². The van der Waals surface area contributed by atoms with Gasteiger partial charge in [0, 0.05) is 23.1 Å². The first-order valence-electron chi connectivity index (χ1n) is 6.57. The first kappa shape index (κ1) is 12.9. The molecule has 0 aliphatic carbocycles. The molecule has 3 rings (SSSR count). The second kappa shape index (κ2) is 5.47. The molecule has 0 saturated heterocycles. The van der Waals surface area contributed by atoms with Crippen LogP contribution in [0.5, 0.6) is 0 Å². The van der Waals surface area contributed by atoms with Gasteiger partial charge in [-0.1, -0.05) is 36.4 Å². The summed E-state index contributed by atoms with van der Waals surface area (Å²) >= 11 is 1.70. The summed E-state index contributed by atoms with van der Waals surface area (Å²) in [7, 11) is 0. The first-order chi connectivity index (χ1) is 9.72. The van der Waals surface area contributed by atoms with Crippen molar-refractivity contribution in [2.24, 2.45) is 0 Å². The minimum atomic E-state index is 0.774. The average Bonchev–Trinajstić information content (AvgIpc) is 2.90. The number of benzene rings is 2. The lowest BCUT2D eigenvalue weighted by Gasteiger charge is -2.02. The van der Waals surface area contributed by atoms with E-state index < -0.39 is 0 Å². The Morgan fingerprint density at radius 2 is 1.95 bits per heavy atom. The number of hydrogen-bond donors (Lipinski definition) is 1. The van der Waals surface area contributed by atoms with Crippen LogP contribution in [0.25, 0.3) is 11.3 Å². The van der Waals surface area contributed by atoms with Gasteiger partial charge in [-0.3, -0.25) is 0 Å². The molecule has 0 aliphatic heterocycles. The van der Waals surface area contributed by atoms with Crippen LogP contribution in [-0.4, -0.2) is 4.98 Å². The number of nitrogens with two attached hydrogens (primary N) is 1. The number of aryl methyl sites for hydroxylation is 1. The molecular formula is C17H16N2S. The number of anilines is 1. The van der Waals surface area contributed by atoms with E-state index in [0.717, 1.165) is 28.4 Å². The molecule has 2 N–H and O–H groups in total. The molecule has 2 aromatic carbocycles. The van der Waals surface area contributed by atoms with E-state index in [4.69, 9.17) is 10.7 Å². The van der Waals surface area contributed by atoms with E-state index in [1.54, 1.807) is 11.3 Å². The lowest BCUT2D eigenvalue weighted by atomic mass is 10.1. The van der Waals surface area contributed by atoms with Crippen molar-refractivity contribution in [2.75, 3.05) is 5.73 Å². The Labute approximate surface area is 122 Å². The summed E-state index contributed by atoms with van der Waals surface area (Å²) in [5.41, 5.74) is 11.3. The maximum absolute atomic E-state index is 5.82. The number of rotatable bonds is 3. The second-order valence-electron chi connectivity index (χ2n) is 4.86. The first-order valence-corrected chi connectivity index (χ1v) is 7.45. The van der Waals surface area contributed by atoms with Gasteiger partial charge in [-0.2, -0.15) is 0 Å². The summed E-state index contributed by atoms with van der Waals surface area (Å²) in [5.74, 6) is 0. The predicted octanol–water partition coefficient (Wildman–Crippen LogP) is 4.29. The fourth-order valence-corrected chi connectivity index (χ4v) is 3.02. The van der Waals surface area contributed by atoms with E-state index in [0.29, 0.717) is 0 Å². The fraction of sp³-hybridized carbons (Fsp3) is 0.118. The summed E-state index contributed by atoms with van der Waals surface area (Å²) < 4.78 is 0. The molecule has 1 heterocycles. The Bertz CT molecular complexity index is 731. The third-order valence-corrected chi connectivity index (χ3v) is 4.19. The zero-order chi connectivity index (χ0) is 13.9. The summed E-state index contributed by atoms with van der Waals surface area (Å²) in [6.07, 6.45) is 0.889. The smallest absolute Gasteiger partial charge is 0.0976 e. The van der Waals surface area contributed by atoms with Crippen LogP contribution < -0.4 is 5.73 Å². The molecule has 0 aliphatic rings. The van der Waals surface area contributed by atoms with Crippen molar-refractivity contribution in [1.82, 2.24) is 4.98 Å². The topological polar surface area (TPSA) is 38.9 Å². The minimum Gasteiger partial charge on any atom is -0.399 e. The van der Waals surface area contributed by atoms with Gasteiger partial charge in [0.25, 0.3) is 0 Å². The highest BCUT2D eigenvalue weighted by Gasteiger charge is 2.06. The number of nitrogens with zero attached hydrogens (tertiary/aromatic N) is 1. The van der Waals surface area contributed by atoms with Gasteiger partial charge < -0.3 is 5.73 Å². The summed E-state index contributed by atoms with van der Waals surface area (Å²) in [4.78, 5) is 4.72. The van der Waals surface area contributed by atoms with Crippen molar-refractivity contribution in [1.29, 1.82) is 0 Å². The molecular weight excluding hydrogens is 264 g/mol. The van der Waals surface area contributed by atoms with Crippen LogP contribution in [0.15, 0.2) is 53.9 Å². The van der Waals surface area contributed by atoms with E-state index in [-0.39, 0.29) is 0 Å². The molecule has 100 valence electrons. The summed E-state index contributed by atoms with van der Waals surface area (Å²) in [6, 6.07) is 16.3. The van der Waals surface area contributed by atoms with E-state index in [9.17, 15) is 0 Å². The monoisotopic (exact) mass is 280 g/mol. The molecule has 0 amide bonds. The van der Waals surface area contributed by atoms with Crippen molar-refractivity contribution >= 4 is 17.0 Å². The highest BCUT2D eigenvalue weighted by atomic mass is 32.1. The number of aromatic nitrogens is 1. The molecule has 0 unspecified atom stereocenters. The van der Waals surface area contributed by atoms with Crippen molar-refractivity contribution in [3.63, 3.8) is 0 Å². The molecule has 0 spiro atoms. The Morgan fingerprint density at radius 1 is 1.10 bits per heavy atom. The van der Waals surface area contributed by atoms with Crippen LogP contribution in [0.3, 0.4) is 0 Å². The van der Waals surface area contributed by atoms with Gasteiger partial charge in [0.1, 0.15) is 0 Å². The van der Waals surface area contributed by atoms with E-state index >= 15 is 0 Å². The quantitative estimate of drug-likeness (QED) is 0.727. The van der Waals surface area contributed by atoms with Crippen molar-refractivity contribution < 1.29 is 0 Å². The lowest BCUT2D eigenvalue weighted by Crippen LogP contribution is -1.91. The van der Waals surface area contributed by atoms with E-state index in [1.165, 1.54) is 11.1 Å². The number of hydrogen-bond acceptors (Lipinski definition) is 3. The summed E-state index contributed by atoms with van der Waals surface area (Å²) in [6.45, 7) is 2.14. The van der Waals surface area contributed by atoms with Gasteiger partial charge in [0.05, 0.1) is 10.7 Å². The number of thiazole rings is 1. The highest BCUT2D eigenvalue weighted by molar-refractivity contribution is 7.10. The van der Waals surface area contributed by atoms with Crippen LogP contribution in [0.4, 0.5) is 5.69 Å². The third kappa shape index (κ3) is 2.73. The Hall–Kier alpha value is -2.13. The van der Waals surface area contributed by atoms with Crippen LogP contribution in [0.1, 0.15) is 16.1 Å². The Balaban J connectivity index is 1.86. The summed E-state index contributed by atoms with van der Waals surface area (Å²) in [5, 5.41) is 3.24. The fourth-order valence-electron chi connectivity index (χ4n) is 2.19. The zero-order valence-electron chi connectivity index (χ0n) is 11.3. The molecule has 2 nitrogen and oxygen atoms in total. The van der Waals surface area contributed by atoms with Gasteiger partial charge in [-0.15, -0.1) is 11.3 Å². The molecule has 0 radical (unpaired) electrons. The minimum absolute atomic E-state index is 0.774. The van der Waals surface area contributed by atoms with Gasteiger partial charge >= 0.3 is 0 Å². The SMILES string of the molecule is Cc1ccccc1Cc1nc(-c2cccc(N)c2)cs1. The molecule has 1 aromatic heterocycles. The molecule has 3 aromatic rings. The molecule has 0 saturated carbocycles. The van der Waals surface area contributed by atoms with Gasteiger partial charge in [0.15, 0.2) is 0 Å².